The van der Waals surface area contributed by atoms with E-state index in [0.29, 0.717) is 18.7 Å². The standard InChI is InChI=1S/C14H20N4O2/c1-5-12(13(19)20)17(4)7-11-8-18-10(3)6-9(2)15-14(18)16-11/h6,8,12H,5,7H2,1-4H3,(H,19,20). The number of aryl methyl sites for hydroxylation is 2. The van der Waals surface area contributed by atoms with Crippen LogP contribution in [0.4, 0.5) is 0 Å². The molecule has 0 aliphatic heterocycles. The van der Waals surface area contributed by atoms with Gasteiger partial charge in [0.25, 0.3) is 0 Å². The van der Waals surface area contributed by atoms with Crippen molar-refractivity contribution in [3.63, 3.8) is 0 Å². The molecule has 2 rings (SSSR count). The minimum Gasteiger partial charge on any atom is -0.480 e. The highest BCUT2D eigenvalue weighted by atomic mass is 16.4. The van der Waals surface area contributed by atoms with Crippen LogP contribution in [0, 0.1) is 13.8 Å². The minimum atomic E-state index is -0.802. The Labute approximate surface area is 118 Å². The summed E-state index contributed by atoms with van der Waals surface area (Å²) in [5.74, 6) is -0.141. The van der Waals surface area contributed by atoms with Crippen LogP contribution in [-0.2, 0) is 11.3 Å². The van der Waals surface area contributed by atoms with Crippen molar-refractivity contribution in [3.05, 3.63) is 29.3 Å². The third-order valence-electron chi connectivity index (χ3n) is 3.43. The van der Waals surface area contributed by atoms with E-state index in [2.05, 4.69) is 9.97 Å². The minimum absolute atomic E-state index is 0.490. The molecule has 1 unspecified atom stereocenters. The van der Waals surface area contributed by atoms with Crippen molar-refractivity contribution >= 4 is 11.7 Å². The SMILES string of the molecule is CCC(C(=O)O)N(C)Cc1cn2c(C)cc(C)nc2n1. The van der Waals surface area contributed by atoms with Gasteiger partial charge in [-0.1, -0.05) is 6.92 Å². The third kappa shape index (κ3) is 2.80. The van der Waals surface area contributed by atoms with Crippen molar-refractivity contribution < 1.29 is 9.90 Å². The molecule has 0 saturated heterocycles. The number of nitrogens with zero attached hydrogens (tertiary/aromatic N) is 4. The predicted octanol–water partition coefficient (Wildman–Crippen LogP) is 1.64. The predicted molar refractivity (Wildman–Crippen MR) is 75.6 cm³/mol. The van der Waals surface area contributed by atoms with Gasteiger partial charge in [-0.2, -0.15) is 0 Å². The lowest BCUT2D eigenvalue weighted by Gasteiger charge is -2.22. The Morgan fingerprint density at radius 3 is 2.75 bits per heavy atom. The third-order valence-corrected chi connectivity index (χ3v) is 3.43. The van der Waals surface area contributed by atoms with E-state index in [4.69, 9.17) is 5.11 Å². The normalized spacial score (nSPS) is 13.1. The molecule has 6 heteroatoms. The summed E-state index contributed by atoms with van der Waals surface area (Å²) < 4.78 is 1.93. The van der Waals surface area contributed by atoms with Crippen molar-refractivity contribution in [2.24, 2.45) is 0 Å². The smallest absolute Gasteiger partial charge is 0.320 e. The van der Waals surface area contributed by atoms with E-state index in [-0.39, 0.29) is 0 Å². The van der Waals surface area contributed by atoms with E-state index in [1.807, 2.05) is 37.4 Å². The first-order chi connectivity index (χ1) is 9.42. The monoisotopic (exact) mass is 276 g/mol. The summed E-state index contributed by atoms with van der Waals surface area (Å²) in [6, 6.07) is 1.50. The summed E-state index contributed by atoms with van der Waals surface area (Å²) in [6.45, 7) is 6.30. The number of aromatic nitrogens is 3. The van der Waals surface area contributed by atoms with Crippen molar-refractivity contribution in [3.8, 4) is 0 Å². The summed E-state index contributed by atoms with van der Waals surface area (Å²) in [5.41, 5.74) is 2.82. The average molecular weight is 276 g/mol. The molecule has 0 aliphatic rings. The fourth-order valence-corrected chi connectivity index (χ4v) is 2.43. The maximum absolute atomic E-state index is 11.2. The van der Waals surface area contributed by atoms with Gasteiger partial charge in [0.1, 0.15) is 6.04 Å². The molecule has 2 heterocycles. The zero-order valence-corrected chi connectivity index (χ0v) is 12.3. The Morgan fingerprint density at radius 2 is 2.15 bits per heavy atom. The van der Waals surface area contributed by atoms with E-state index in [0.717, 1.165) is 17.1 Å². The van der Waals surface area contributed by atoms with Gasteiger partial charge in [-0.25, -0.2) is 9.97 Å². The van der Waals surface area contributed by atoms with Crippen LogP contribution >= 0.6 is 0 Å². The number of hydrogen-bond acceptors (Lipinski definition) is 4. The largest absolute Gasteiger partial charge is 0.480 e. The van der Waals surface area contributed by atoms with Crippen LogP contribution in [0.2, 0.25) is 0 Å². The number of imidazole rings is 1. The van der Waals surface area contributed by atoms with Gasteiger partial charge in [0.05, 0.1) is 5.69 Å². The molecule has 0 bridgehead atoms. The van der Waals surface area contributed by atoms with Gasteiger partial charge in [0.15, 0.2) is 0 Å². The summed E-state index contributed by atoms with van der Waals surface area (Å²) in [6.07, 6.45) is 2.48. The molecule has 0 saturated carbocycles. The second kappa shape index (κ2) is 5.58. The van der Waals surface area contributed by atoms with Crippen molar-refractivity contribution in [1.82, 2.24) is 19.3 Å². The van der Waals surface area contributed by atoms with Gasteiger partial charge in [0.2, 0.25) is 5.78 Å². The summed E-state index contributed by atoms with van der Waals surface area (Å²) >= 11 is 0. The van der Waals surface area contributed by atoms with Gasteiger partial charge >= 0.3 is 5.97 Å². The van der Waals surface area contributed by atoms with Crippen LogP contribution in [0.3, 0.4) is 0 Å². The van der Waals surface area contributed by atoms with Crippen molar-refractivity contribution in [2.75, 3.05) is 7.05 Å². The number of carboxylic acids is 1. The molecular formula is C14H20N4O2. The van der Waals surface area contributed by atoms with Crippen LogP contribution < -0.4 is 0 Å². The van der Waals surface area contributed by atoms with Crippen LogP contribution in [0.1, 0.15) is 30.4 Å². The second-order valence-electron chi connectivity index (χ2n) is 5.12. The molecule has 0 fully saturated rings. The summed E-state index contributed by atoms with van der Waals surface area (Å²) in [5, 5.41) is 9.16. The molecule has 6 nitrogen and oxygen atoms in total. The Bertz CT molecular complexity index is 635. The quantitative estimate of drug-likeness (QED) is 0.899. The molecule has 0 amide bonds. The average Bonchev–Trinajstić information content (AvgIpc) is 2.71. The zero-order chi connectivity index (χ0) is 14.9. The highest BCUT2D eigenvalue weighted by molar-refractivity contribution is 5.73. The van der Waals surface area contributed by atoms with Gasteiger partial charge in [-0.3, -0.25) is 14.1 Å². The number of likely N-dealkylation sites (N-methyl/N-ethyl adjacent to an activating group) is 1. The maximum atomic E-state index is 11.2. The Hall–Kier alpha value is -1.95. The van der Waals surface area contributed by atoms with Gasteiger partial charge in [0, 0.05) is 24.1 Å². The topological polar surface area (TPSA) is 70.7 Å². The second-order valence-corrected chi connectivity index (χ2v) is 5.12. The van der Waals surface area contributed by atoms with Crippen molar-refractivity contribution in [1.29, 1.82) is 0 Å². The first-order valence-corrected chi connectivity index (χ1v) is 6.67. The first kappa shape index (κ1) is 14.5. The summed E-state index contributed by atoms with van der Waals surface area (Å²) in [7, 11) is 1.80. The Morgan fingerprint density at radius 1 is 1.45 bits per heavy atom. The molecule has 0 radical (unpaired) electrons. The molecule has 108 valence electrons. The number of carboxylic acid groups (broad SMARTS) is 1. The van der Waals surface area contributed by atoms with Gasteiger partial charge in [-0.15, -0.1) is 0 Å². The molecular weight excluding hydrogens is 256 g/mol. The van der Waals surface area contributed by atoms with Crippen LogP contribution in [-0.4, -0.2) is 43.4 Å². The molecule has 0 spiro atoms. The molecule has 0 aromatic carbocycles. The summed E-state index contributed by atoms with van der Waals surface area (Å²) in [4.78, 5) is 21.8. The molecule has 1 atom stereocenters. The number of rotatable bonds is 5. The lowest BCUT2D eigenvalue weighted by molar-refractivity contribution is -0.143. The highest BCUT2D eigenvalue weighted by Crippen LogP contribution is 2.12. The molecule has 2 aromatic rings. The van der Waals surface area contributed by atoms with E-state index < -0.39 is 12.0 Å². The Kier molecular flexibility index (Phi) is 4.04. The van der Waals surface area contributed by atoms with E-state index in [1.54, 1.807) is 11.9 Å². The van der Waals surface area contributed by atoms with E-state index in [9.17, 15) is 4.79 Å². The van der Waals surface area contributed by atoms with Gasteiger partial charge < -0.3 is 5.11 Å². The number of fused-ring (bicyclic) bond motifs is 1. The lowest BCUT2D eigenvalue weighted by atomic mass is 10.2. The molecule has 0 aliphatic carbocycles. The molecule has 20 heavy (non-hydrogen) atoms. The van der Waals surface area contributed by atoms with Crippen LogP contribution in [0.15, 0.2) is 12.3 Å². The highest BCUT2D eigenvalue weighted by Gasteiger charge is 2.21. The first-order valence-electron chi connectivity index (χ1n) is 6.67. The molecule has 1 N–H and O–H groups in total. The number of hydrogen-bond donors (Lipinski definition) is 1. The maximum Gasteiger partial charge on any atom is 0.320 e. The Balaban J connectivity index is 2.26. The fourth-order valence-electron chi connectivity index (χ4n) is 2.43. The van der Waals surface area contributed by atoms with E-state index >= 15 is 0 Å². The number of aliphatic carboxylic acids is 1. The van der Waals surface area contributed by atoms with Crippen LogP contribution in [0.25, 0.3) is 5.78 Å². The number of carbonyl (C=O) groups is 1. The van der Waals surface area contributed by atoms with Gasteiger partial charge in [-0.05, 0) is 33.4 Å². The van der Waals surface area contributed by atoms with Crippen LogP contribution in [0.5, 0.6) is 0 Å². The zero-order valence-electron chi connectivity index (χ0n) is 12.3. The lowest BCUT2D eigenvalue weighted by Crippen LogP contribution is -2.37. The van der Waals surface area contributed by atoms with Crippen molar-refractivity contribution in [2.45, 2.75) is 39.8 Å². The fraction of sp³-hybridized carbons (Fsp3) is 0.500. The van der Waals surface area contributed by atoms with E-state index in [1.165, 1.54) is 0 Å². The molecule has 2 aromatic heterocycles.